The summed E-state index contributed by atoms with van der Waals surface area (Å²) in [7, 11) is 0. The molecule has 32 heavy (non-hydrogen) atoms. The summed E-state index contributed by atoms with van der Waals surface area (Å²) in [5.74, 6) is 1.32. The lowest BCUT2D eigenvalue weighted by Gasteiger charge is -2.23. The first kappa shape index (κ1) is 28.9. The van der Waals surface area contributed by atoms with Crippen molar-refractivity contribution in [3.8, 4) is 11.5 Å². The zero-order valence-corrected chi connectivity index (χ0v) is 21.9. The van der Waals surface area contributed by atoms with Crippen molar-refractivity contribution in [1.29, 1.82) is 0 Å². The van der Waals surface area contributed by atoms with E-state index in [4.69, 9.17) is 0 Å². The molecule has 0 saturated heterocycles. The third kappa shape index (κ3) is 11.6. The predicted octanol–water partition coefficient (Wildman–Crippen LogP) is 10.4. The molecule has 2 unspecified atom stereocenters. The van der Waals surface area contributed by atoms with E-state index in [0.717, 1.165) is 24.0 Å². The summed E-state index contributed by atoms with van der Waals surface area (Å²) in [4.78, 5) is 0. The van der Waals surface area contributed by atoms with Gasteiger partial charge in [0.25, 0.3) is 0 Å². The highest BCUT2D eigenvalue weighted by Crippen LogP contribution is 2.42. The van der Waals surface area contributed by atoms with Crippen molar-refractivity contribution in [1.82, 2.24) is 0 Å². The minimum absolute atomic E-state index is 0.290. The van der Waals surface area contributed by atoms with Gasteiger partial charge in [-0.15, -0.1) is 0 Å². The van der Waals surface area contributed by atoms with Crippen molar-refractivity contribution in [3.63, 3.8) is 0 Å². The molecule has 186 valence electrons. The second-order valence-electron chi connectivity index (χ2n) is 10.3. The molecule has 2 atom stereocenters. The van der Waals surface area contributed by atoms with Crippen LogP contribution in [0.25, 0.3) is 0 Å². The maximum absolute atomic E-state index is 10.7. The van der Waals surface area contributed by atoms with Gasteiger partial charge < -0.3 is 10.2 Å². The number of phenols is 2. The minimum Gasteiger partial charge on any atom is -0.508 e. The van der Waals surface area contributed by atoms with E-state index in [9.17, 15) is 10.2 Å². The number of unbranched alkanes of at least 4 members (excludes halogenated alkanes) is 14. The van der Waals surface area contributed by atoms with Crippen molar-refractivity contribution in [2.75, 3.05) is 0 Å². The van der Waals surface area contributed by atoms with Crippen molar-refractivity contribution in [3.05, 3.63) is 23.3 Å². The monoisotopic (exact) mass is 446 g/mol. The summed E-state index contributed by atoms with van der Waals surface area (Å²) in [6.07, 6.45) is 23.4. The maximum Gasteiger partial charge on any atom is 0.119 e. The SMILES string of the molecule is CCCCCCCCCCC(C)c1c(O)ccc(O)c1C(C)CCCCCCCCCC. The normalized spacial score (nSPS) is 13.4. The minimum atomic E-state index is 0.290. The van der Waals surface area contributed by atoms with Crippen LogP contribution >= 0.6 is 0 Å². The molecule has 0 aromatic heterocycles. The smallest absolute Gasteiger partial charge is 0.119 e. The molecule has 0 aliphatic rings. The summed E-state index contributed by atoms with van der Waals surface area (Å²) in [6.45, 7) is 8.98. The van der Waals surface area contributed by atoms with E-state index in [2.05, 4.69) is 27.7 Å². The number of hydrogen-bond acceptors (Lipinski definition) is 2. The molecule has 1 aromatic rings. The highest BCUT2D eigenvalue weighted by molar-refractivity contribution is 5.50. The summed E-state index contributed by atoms with van der Waals surface area (Å²) >= 11 is 0. The quantitative estimate of drug-likeness (QED) is 0.154. The van der Waals surface area contributed by atoms with E-state index in [0.29, 0.717) is 23.3 Å². The third-order valence-corrected chi connectivity index (χ3v) is 7.21. The van der Waals surface area contributed by atoms with Gasteiger partial charge in [-0.3, -0.25) is 0 Å². The zero-order chi connectivity index (χ0) is 23.6. The van der Waals surface area contributed by atoms with Crippen LogP contribution in [0.3, 0.4) is 0 Å². The highest BCUT2D eigenvalue weighted by Gasteiger charge is 2.22. The first-order valence-electron chi connectivity index (χ1n) is 14.1. The van der Waals surface area contributed by atoms with Crippen LogP contribution in [0, 0.1) is 0 Å². The highest BCUT2D eigenvalue weighted by atomic mass is 16.3. The van der Waals surface area contributed by atoms with Crippen LogP contribution in [0.1, 0.15) is 166 Å². The van der Waals surface area contributed by atoms with Crippen molar-refractivity contribution < 1.29 is 10.2 Å². The van der Waals surface area contributed by atoms with E-state index in [1.807, 2.05) is 0 Å². The molecule has 2 nitrogen and oxygen atoms in total. The number of aromatic hydroxyl groups is 2. The molecular formula is C30H54O2. The first-order valence-corrected chi connectivity index (χ1v) is 14.1. The molecule has 0 bridgehead atoms. The zero-order valence-electron chi connectivity index (χ0n) is 21.9. The van der Waals surface area contributed by atoms with Crippen LogP contribution < -0.4 is 0 Å². The number of rotatable bonds is 20. The van der Waals surface area contributed by atoms with Gasteiger partial charge in [0.2, 0.25) is 0 Å². The standard InChI is InChI=1S/C30H54O2/c1-5-7-9-11-13-15-17-19-21-25(3)29-27(31)23-24-28(32)30(29)26(4)22-20-18-16-14-12-10-8-6-2/h23-26,31-32H,5-22H2,1-4H3. The summed E-state index contributed by atoms with van der Waals surface area (Å²) in [6, 6.07) is 3.36. The Bertz CT molecular complexity index is 529. The third-order valence-electron chi connectivity index (χ3n) is 7.21. The Morgan fingerprint density at radius 3 is 1.09 bits per heavy atom. The molecule has 0 aliphatic carbocycles. The van der Waals surface area contributed by atoms with E-state index in [1.54, 1.807) is 12.1 Å². The molecule has 1 rings (SSSR count). The Morgan fingerprint density at radius 1 is 0.500 bits per heavy atom. The molecule has 0 heterocycles. The molecule has 2 N–H and O–H groups in total. The lowest BCUT2D eigenvalue weighted by Crippen LogP contribution is -2.05. The summed E-state index contributed by atoms with van der Waals surface area (Å²) < 4.78 is 0. The van der Waals surface area contributed by atoms with Crippen molar-refractivity contribution in [2.24, 2.45) is 0 Å². The van der Waals surface area contributed by atoms with Crippen LogP contribution in [0.15, 0.2) is 12.1 Å². The van der Waals surface area contributed by atoms with Gasteiger partial charge in [-0.25, -0.2) is 0 Å². The van der Waals surface area contributed by atoms with E-state index in [-0.39, 0.29) is 0 Å². The van der Waals surface area contributed by atoms with Gasteiger partial charge in [0.15, 0.2) is 0 Å². The van der Waals surface area contributed by atoms with Crippen molar-refractivity contribution in [2.45, 2.75) is 155 Å². The summed E-state index contributed by atoms with van der Waals surface area (Å²) in [5, 5.41) is 21.3. The Labute approximate surface area is 200 Å². The average molecular weight is 447 g/mol. The van der Waals surface area contributed by atoms with Gasteiger partial charge in [-0.05, 0) is 36.8 Å². The molecule has 0 spiro atoms. The Kier molecular flexibility index (Phi) is 16.5. The number of hydrogen-bond donors (Lipinski definition) is 2. The molecule has 0 radical (unpaired) electrons. The second-order valence-corrected chi connectivity index (χ2v) is 10.3. The van der Waals surface area contributed by atoms with Gasteiger partial charge in [0, 0.05) is 11.1 Å². The lowest BCUT2D eigenvalue weighted by molar-refractivity contribution is 0.429. The van der Waals surface area contributed by atoms with E-state index in [1.165, 1.54) is 103 Å². The molecule has 0 aliphatic heterocycles. The Hall–Kier alpha value is -1.18. The summed E-state index contributed by atoms with van der Waals surface area (Å²) in [5.41, 5.74) is 2.00. The topological polar surface area (TPSA) is 40.5 Å². The van der Waals surface area contributed by atoms with Crippen LogP contribution in [-0.4, -0.2) is 10.2 Å². The molecule has 0 fully saturated rings. The van der Waals surface area contributed by atoms with Gasteiger partial charge in [-0.2, -0.15) is 0 Å². The van der Waals surface area contributed by atoms with Crippen LogP contribution in [0.4, 0.5) is 0 Å². The molecule has 0 amide bonds. The molecule has 1 aromatic carbocycles. The van der Waals surface area contributed by atoms with Crippen LogP contribution in [-0.2, 0) is 0 Å². The fourth-order valence-electron chi connectivity index (χ4n) is 5.11. The predicted molar refractivity (Wildman–Crippen MR) is 141 cm³/mol. The fourth-order valence-corrected chi connectivity index (χ4v) is 5.11. The second kappa shape index (κ2) is 18.3. The van der Waals surface area contributed by atoms with E-state index >= 15 is 0 Å². The fraction of sp³-hybridized carbons (Fsp3) is 0.800. The van der Waals surface area contributed by atoms with Gasteiger partial charge in [0.1, 0.15) is 11.5 Å². The van der Waals surface area contributed by atoms with Crippen LogP contribution in [0.2, 0.25) is 0 Å². The molecule has 2 heteroatoms. The largest absolute Gasteiger partial charge is 0.508 e. The maximum atomic E-state index is 10.7. The van der Waals surface area contributed by atoms with E-state index < -0.39 is 0 Å². The molecular weight excluding hydrogens is 392 g/mol. The Balaban J connectivity index is 2.48. The van der Waals surface area contributed by atoms with Gasteiger partial charge >= 0.3 is 0 Å². The Morgan fingerprint density at radius 2 is 0.781 bits per heavy atom. The number of benzene rings is 1. The average Bonchev–Trinajstić information content (AvgIpc) is 2.78. The van der Waals surface area contributed by atoms with Crippen LogP contribution in [0.5, 0.6) is 11.5 Å². The van der Waals surface area contributed by atoms with Gasteiger partial charge in [0.05, 0.1) is 0 Å². The first-order chi connectivity index (χ1) is 15.5. The molecule has 0 saturated carbocycles. The number of phenolic OH excluding ortho intramolecular Hbond substituents is 2. The lowest BCUT2D eigenvalue weighted by atomic mass is 9.83. The van der Waals surface area contributed by atoms with Gasteiger partial charge in [-0.1, -0.05) is 130 Å². The van der Waals surface area contributed by atoms with Crippen molar-refractivity contribution >= 4 is 0 Å².